The first kappa shape index (κ1) is 21.1. The normalized spacial score (nSPS) is 32.5. The van der Waals surface area contributed by atoms with Gasteiger partial charge in [-0.1, -0.05) is 12.2 Å². The summed E-state index contributed by atoms with van der Waals surface area (Å²) in [6.45, 7) is 5.34. The molecule has 0 radical (unpaired) electrons. The molecule has 0 bridgehead atoms. The van der Waals surface area contributed by atoms with Gasteiger partial charge in [-0.15, -0.1) is 0 Å². The van der Waals surface area contributed by atoms with Crippen LogP contribution in [0.25, 0.3) is 0 Å². The van der Waals surface area contributed by atoms with E-state index in [1.807, 2.05) is 26.0 Å². The molecule has 0 aromatic heterocycles. The van der Waals surface area contributed by atoms with Crippen molar-refractivity contribution in [1.29, 1.82) is 0 Å². The lowest BCUT2D eigenvalue weighted by atomic mass is 9.54. The van der Waals surface area contributed by atoms with Gasteiger partial charge in [-0.25, -0.2) is 0 Å². The number of ketones is 2. The standard InChI is InChI=1S/C26H24N2O6/c1-4-5-10(2)23-26-19(11(3)29)24(33)25(26,34-26)15-9-16(30)17-18(20(15)28-23)21(31)13-7-6-12(27)8-14(13)22(17)32/h4-9,11,19,24,28-30,33H,27H2,1-3H3/b5-4-,23-10+/t11-,19?,24-,25+,26+/m1/s1. The number of aliphatic hydroxyl groups excluding tert-OH is 2. The highest BCUT2D eigenvalue weighted by Crippen LogP contribution is 2.79. The Bertz CT molecular complexity index is 1410. The Morgan fingerprint density at radius 2 is 1.88 bits per heavy atom. The number of allylic oxidation sites excluding steroid dienone is 3. The smallest absolute Gasteiger partial charge is 0.198 e. The van der Waals surface area contributed by atoms with Crippen molar-refractivity contribution in [2.24, 2.45) is 5.92 Å². The Labute approximate surface area is 195 Å². The van der Waals surface area contributed by atoms with Crippen molar-refractivity contribution in [3.05, 3.63) is 75.5 Å². The molecule has 6 rings (SSSR count). The molecule has 174 valence electrons. The van der Waals surface area contributed by atoms with Gasteiger partial charge in [0.05, 0.1) is 40.6 Å². The van der Waals surface area contributed by atoms with Crippen LogP contribution < -0.4 is 11.1 Å². The number of carbonyl (C=O) groups is 2. The van der Waals surface area contributed by atoms with Crippen LogP contribution in [-0.2, 0) is 10.3 Å². The van der Waals surface area contributed by atoms with E-state index in [0.717, 1.165) is 5.57 Å². The summed E-state index contributed by atoms with van der Waals surface area (Å²) in [5.74, 6) is -1.91. The predicted octanol–water partition coefficient (Wildman–Crippen LogP) is 2.36. The average Bonchev–Trinajstić information content (AvgIpc) is 3.41. The molecule has 0 amide bonds. The number of benzene rings is 2. The van der Waals surface area contributed by atoms with Gasteiger partial charge in [0.15, 0.2) is 22.8 Å². The molecule has 2 heterocycles. The quantitative estimate of drug-likeness (QED) is 0.223. The van der Waals surface area contributed by atoms with Gasteiger partial charge in [0, 0.05) is 22.4 Å². The summed E-state index contributed by atoms with van der Waals surface area (Å²) >= 11 is 0. The van der Waals surface area contributed by atoms with Crippen LogP contribution in [0.2, 0.25) is 0 Å². The third kappa shape index (κ3) is 2.10. The number of anilines is 2. The van der Waals surface area contributed by atoms with E-state index in [-0.39, 0.29) is 28.0 Å². The monoisotopic (exact) mass is 460 g/mol. The lowest BCUT2D eigenvalue weighted by Crippen LogP contribution is -2.64. The first-order chi connectivity index (χ1) is 16.1. The van der Waals surface area contributed by atoms with Gasteiger partial charge in [0.1, 0.15) is 5.75 Å². The molecule has 1 saturated heterocycles. The van der Waals surface area contributed by atoms with E-state index in [1.165, 1.54) is 18.2 Å². The van der Waals surface area contributed by atoms with Crippen LogP contribution in [0.1, 0.15) is 58.2 Å². The Morgan fingerprint density at radius 3 is 2.56 bits per heavy atom. The Kier molecular flexibility index (Phi) is 3.94. The largest absolute Gasteiger partial charge is 0.507 e. The Balaban J connectivity index is 1.65. The van der Waals surface area contributed by atoms with Gasteiger partial charge in [0.2, 0.25) is 0 Å². The molecule has 2 aliphatic carbocycles. The minimum atomic E-state index is -1.23. The molecular formula is C26H24N2O6. The summed E-state index contributed by atoms with van der Waals surface area (Å²) < 4.78 is 6.26. The van der Waals surface area contributed by atoms with Gasteiger partial charge in [-0.3, -0.25) is 9.59 Å². The van der Waals surface area contributed by atoms with Crippen molar-refractivity contribution in [1.82, 2.24) is 0 Å². The number of carbonyl (C=O) groups excluding carboxylic acids is 2. The number of nitrogens with one attached hydrogen (secondary N) is 1. The van der Waals surface area contributed by atoms with Gasteiger partial charge < -0.3 is 31.1 Å². The first-order valence-electron chi connectivity index (χ1n) is 11.2. The number of phenols is 1. The van der Waals surface area contributed by atoms with Crippen molar-refractivity contribution in [2.75, 3.05) is 11.1 Å². The molecule has 2 aliphatic heterocycles. The highest BCUT2D eigenvalue weighted by atomic mass is 16.7. The van der Waals surface area contributed by atoms with Crippen molar-refractivity contribution in [3.8, 4) is 5.75 Å². The summed E-state index contributed by atoms with van der Waals surface area (Å²) in [7, 11) is 0. The predicted molar refractivity (Wildman–Crippen MR) is 124 cm³/mol. The fourth-order valence-corrected chi connectivity index (χ4v) is 6.33. The zero-order valence-corrected chi connectivity index (χ0v) is 18.8. The first-order valence-corrected chi connectivity index (χ1v) is 11.2. The van der Waals surface area contributed by atoms with E-state index in [1.54, 1.807) is 13.0 Å². The molecule has 4 aliphatic rings. The second kappa shape index (κ2) is 6.35. The zero-order valence-electron chi connectivity index (χ0n) is 18.8. The van der Waals surface area contributed by atoms with Crippen molar-refractivity contribution in [2.45, 2.75) is 44.2 Å². The number of hydrogen-bond acceptors (Lipinski definition) is 8. The maximum Gasteiger partial charge on any atom is 0.198 e. The molecule has 1 saturated carbocycles. The molecule has 2 aromatic rings. The number of phenolic OH excluding ortho intramolecular Hbond substituents is 1. The maximum atomic E-state index is 13.7. The van der Waals surface area contributed by atoms with Crippen LogP contribution in [0.15, 0.2) is 47.7 Å². The molecule has 2 fully saturated rings. The average molecular weight is 460 g/mol. The molecule has 6 N–H and O–H groups in total. The number of aliphatic hydroxyl groups is 2. The van der Waals surface area contributed by atoms with Gasteiger partial charge >= 0.3 is 0 Å². The summed E-state index contributed by atoms with van der Waals surface area (Å²) in [4.78, 5) is 27.0. The SMILES string of the molecule is C/C=C\C(C)=C1\Nc2c(cc(O)c3c2C(=O)c2ccc(N)cc2C3=O)[C@@]23O[C@@]12C([C@@H](C)O)[C@H]3O. The van der Waals surface area contributed by atoms with E-state index in [4.69, 9.17) is 10.5 Å². The van der Waals surface area contributed by atoms with Gasteiger partial charge in [-0.2, -0.15) is 0 Å². The van der Waals surface area contributed by atoms with E-state index in [2.05, 4.69) is 5.32 Å². The van der Waals surface area contributed by atoms with E-state index in [9.17, 15) is 24.9 Å². The highest BCUT2D eigenvalue weighted by Gasteiger charge is 2.92. The van der Waals surface area contributed by atoms with Crippen LogP contribution in [0.3, 0.4) is 0 Å². The molecule has 0 spiro atoms. The lowest BCUT2D eigenvalue weighted by molar-refractivity contribution is -0.0733. The Morgan fingerprint density at radius 1 is 1.18 bits per heavy atom. The van der Waals surface area contributed by atoms with Crippen LogP contribution in [0.5, 0.6) is 5.75 Å². The highest BCUT2D eigenvalue weighted by molar-refractivity contribution is 6.31. The second-order valence-electron chi connectivity index (χ2n) is 9.50. The molecule has 5 atom stereocenters. The number of ether oxygens (including phenoxy) is 1. The maximum absolute atomic E-state index is 13.7. The third-order valence-corrected chi connectivity index (χ3v) is 7.70. The molecule has 1 unspecified atom stereocenters. The zero-order chi connectivity index (χ0) is 24.3. The number of rotatable bonds is 2. The van der Waals surface area contributed by atoms with Crippen molar-refractivity contribution >= 4 is 22.9 Å². The number of nitrogens with two attached hydrogens (primary N) is 1. The van der Waals surface area contributed by atoms with Crippen molar-refractivity contribution in [3.63, 3.8) is 0 Å². The molecule has 2 aromatic carbocycles. The van der Waals surface area contributed by atoms with Gasteiger partial charge in [-0.05, 0) is 50.6 Å². The Hall–Kier alpha value is -3.46. The summed E-state index contributed by atoms with van der Waals surface area (Å²) in [6.07, 6.45) is 1.79. The third-order valence-electron chi connectivity index (χ3n) is 7.70. The topological polar surface area (TPSA) is 145 Å². The van der Waals surface area contributed by atoms with Crippen LogP contribution in [0.4, 0.5) is 11.4 Å². The molecular weight excluding hydrogens is 436 g/mol. The van der Waals surface area contributed by atoms with Crippen molar-refractivity contribution < 1.29 is 29.6 Å². The van der Waals surface area contributed by atoms with E-state index < -0.39 is 40.9 Å². The number of nitrogen functional groups attached to an aromatic ring is 1. The van der Waals surface area contributed by atoms with Crippen LogP contribution >= 0.6 is 0 Å². The van der Waals surface area contributed by atoms with E-state index >= 15 is 0 Å². The number of fused-ring (bicyclic) bond motifs is 4. The van der Waals surface area contributed by atoms with E-state index in [0.29, 0.717) is 22.6 Å². The molecule has 8 heteroatoms. The minimum absolute atomic E-state index is 0.0363. The summed E-state index contributed by atoms with van der Waals surface area (Å²) in [5, 5.41) is 35.8. The fraction of sp³-hybridized carbons (Fsp3) is 0.308. The van der Waals surface area contributed by atoms with Gasteiger partial charge in [0.25, 0.3) is 0 Å². The number of hydrogen-bond donors (Lipinski definition) is 5. The lowest BCUT2D eigenvalue weighted by Gasteiger charge is -2.49. The fourth-order valence-electron chi connectivity index (χ4n) is 6.33. The van der Waals surface area contributed by atoms with Crippen LogP contribution in [-0.4, -0.2) is 44.7 Å². The van der Waals surface area contributed by atoms with Crippen LogP contribution in [0, 0.1) is 5.92 Å². The minimum Gasteiger partial charge on any atom is -0.507 e. The molecule has 8 nitrogen and oxygen atoms in total. The second-order valence-corrected chi connectivity index (χ2v) is 9.50. The molecule has 34 heavy (non-hydrogen) atoms. The number of aromatic hydroxyl groups is 1. The summed E-state index contributed by atoms with van der Waals surface area (Å²) in [5.41, 5.74) is 6.31. The summed E-state index contributed by atoms with van der Waals surface area (Å²) in [6, 6.07) is 5.88. The number of epoxide rings is 1.